The second-order valence-corrected chi connectivity index (χ2v) is 6.88. The van der Waals surface area contributed by atoms with E-state index in [1.165, 1.54) is 6.08 Å². The summed E-state index contributed by atoms with van der Waals surface area (Å²) in [6, 6.07) is 7.74. The Balaban J connectivity index is 2.03. The Morgan fingerprint density at radius 2 is 1.86 bits per heavy atom. The number of hydrogen-bond donors (Lipinski definition) is 0. The normalized spacial score (nSPS) is 15.2. The van der Waals surface area contributed by atoms with E-state index in [1.807, 2.05) is 36.1 Å². The molecular formula is C21H26N4O3. The average molecular weight is 382 g/mol. The molecule has 2 heterocycles. The minimum atomic E-state index is -0.432. The van der Waals surface area contributed by atoms with Gasteiger partial charge in [-0.05, 0) is 39.1 Å². The van der Waals surface area contributed by atoms with Crippen molar-refractivity contribution in [2.45, 2.75) is 13.8 Å². The average Bonchev–Trinajstić information content (AvgIpc) is 2.69. The van der Waals surface area contributed by atoms with Gasteiger partial charge in [0.05, 0.1) is 12.3 Å². The third-order valence-electron chi connectivity index (χ3n) is 4.70. The van der Waals surface area contributed by atoms with Crippen molar-refractivity contribution >= 4 is 17.9 Å². The Morgan fingerprint density at radius 3 is 2.50 bits per heavy atom. The largest absolute Gasteiger partial charge is 0.463 e. The molecule has 0 spiro atoms. The van der Waals surface area contributed by atoms with Gasteiger partial charge in [-0.25, -0.2) is 9.78 Å². The molecular weight excluding hydrogens is 356 g/mol. The molecule has 0 unspecified atom stereocenters. The lowest BCUT2D eigenvalue weighted by molar-refractivity contribution is -0.137. The van der Waals surface area contributed by atoms with E-state index >= 15 is 0 Å². The van der Waals surface area contributed by atoms with Gasteiger partial charge in [-0.15, -0.1) is 0 Å². The van der Waals surface area contributed by atoms with Gasteiger partial charge in [0.15, 0.2) is 5.82 Å². The zero-order valence-corrected chi connectivity index (χ0v) is 16.6. The molecule has 0 amide bonds. The second-order valence-electron chi connectivity index (χ2n) is 6.88. The van der Waals surface area contributed by atoms with E-state index in [4.69, 9.17) is 4.74 Å². The minimum Gasteiger partial charge on any atom is -0.463 e. The van der Waals surface area contributed by atoms with Gasteiger partial charge in [0, 0.05) is 44.1 Å². The molecule has 1 aromatic carbocycles. The summed E-state index contributed by atoms with van der Waals surface area (Å²) in [5.41, 5.74) is 2.25. The molecule has 1 fully saturated rings. The topological polar surface area (TPSA) is 67.7 Å². The van der Waals surface area contributed by atoms with Crippen LogP contribution in [-0.4, -0.2) is 60.3 Å². The Bertz CT molecular complexity index is 910. The Kier molecular flexibility index (Phi) is 6.26. The number of anilines is 1. The molecule has 3 rings (SSSR count). The minimum absolute atomic E-state index is 0.165. The molecule has 1 aromatic heterocycles. The number of ether oxygens (including phenoxy) is 1. The lowest BCUT2D eigenvalue weighted by Crippen LogP contribution is -2.47. The van der Waals surface area contributed by atoms with Gasteiger partial charge in [-0.1, -0.05) is 17.7 Å². The summed E-state index contributed by atoms with van der Waals surface area (Å²) >= 11 is 0. The van der Waals surface area contributed by atoms with Crippen molar-refractivity contribution in [3.63, 3.8) is 0 Å². The zero-order valence-electron chi connectivity index (χ0n) is 16.6. The molecule has 0 aliphatic carbocycles. The summed E-state index contributed by atoms with van der Waals surface area (Å²) in [6.45, 7) is 7.28. The van der Waals surface area contributed by atoms with E-state index < -0.39 is 5.97 Å². The van der Waals surface area contributed by atoms with Crippen LogP contribution in [0, 0.1) is 6.92 Å². The highest BCUT2D eigenvalue weighted by molar-refractivity contribution is 5.86. The summed E-state index contributed by atoms with van der Waals surface area (Å²) < 4.78 is 6.52. The summed E-state index contributed by atoms with van der Waals surface area (Å²) in [5.74, 6) is -0.0294. The molecule has 148 valence electrons. The number of nitrogens with zero attached hydrogens (tertiary/aromatic N) is 4. The van der Waals surface area contributed by atoms with Crippen molar-refractivity contribution in [2.75, 3.05) is 44.7 Å². The maximum absolute atomic E-state index is 13.2. The Labute approximate surface area is 164 Å². The fourth-order valence-corrected chi connectivity index (χ4v) is 3.04. The fraction of sp³-hybridized carbons (Fsp3) is 0.381. The Hall–Kier alpha value is -2.93. The van der Waals surface area contributed by atoms with E-state index in [-0.39, 0.29) is 5.56 Å². The van der Waals surface area contributed by atoms with Crippen LogP contribution in [-0.2, 0) is 9.53 Å². The first-order chi connectivity index (χ1) is 13.5. The third-order valence-corrected chi connectivity index (χ3v) is 4.70. The molecule has 1 saturated heterocycles. The molecule has 7 nitrogen and oxygen atoms in total. The number of aromatic nitrogens is 2. The smallest absolute Gasteiger partial charge is 0.330 e. The van der Waals surface area contributed by atoms with Gasteiger partial charge in [-0.3, -0.25) is 9.36 Å². The van der Waals surface area contributed by atoms with Crippen LogP contribution in [0.1, 0.15) is 18.2 Å². The van der Waals surface area contributed by atoms with Crippen LogP contribution in [0.5, 0.6) is 0 Å². The molecule has 0 bridgehead atoms. The van der Waals surface area contributed by atoms with Crippen LogP contribution < -0.4 is 10.5 Å². The van der Waals surface area contributed by atoms with Crippen LogP contribution in [0.4, 0.5) is 5.82 Å². The number of esters is 1. The summed E-state index contributed by atoms with van der Waals surface area (Å²) in [6.07, 6.45) is 4.58. The number of piperazine rings is 1. The van der Waals surface area contributed by atoms with Gasteiger partial charge in [-0.2, -0.15) is 0 Å². The fourth-order valence-electron chi connectivity index (χ4n) is 3.04. The summed E-state index contributed by atoms with van der Waals surface area (Å²) in [4.78, 5) is 33.6. The lowest BCUT2D eigenvalue weighted by atomic mass is 10.2. The predicted octanol–water partition coefficient (Wildman–Crippen LogP) is 1.87. The zero-order chi connectivity index (χ0) is 20.1. The van der Waals surface area contributed by atoms with Crippen molar-refractivity contribution in [2.24, 2.45) is 0 Å². The van der Waals surface area contributed by atoms with Gasteiger partial charge in [0.25, 0.3) is 5.56 Å². The van der Waals surface area contributed by atoms with Crippen molar-refractivity contribution in [3.05, 3.63) is 58.1 Å². The van der Waals surface area contributed by atoms with Crippen molar-refractivity contribution in [3.8, 4) is 5.69 Å². The van der Waals surface area contributed by atoms with Crippen LogP contribution in [0.2, 0.25) is 0 Å². The summed E-state index contributed by atoms with van der Waals surface area (Å²) in [5, 5.41) is 0. The molecule has 28 heavy (non-hydrogen) atoms. The van der Waals surface area contributed by atoms with E-state index in [9.17, 15) is 9.59 Å². The maximum atomic E-state index is 13.2. The maximum Gasteiger partial charge on any atom is 0.330 e. The van der Waals surface area contributed by atoms with Crippen molar-refractivity contribution in [1.29, 1.82) is 0 Å². The quantitative estimate of drug-likeness (QED) is 0.581. The highest BCUT2D eigenvalue weighted by Crippen LogP contribution is 2.14. The van der Waals surface area contributed by atoms with Gasteiger partial charge in [0.1, 0.15) is 0 Å². The first kappa shape index (κ1) is 19.8. The van der Waals surface area contributed by atoms with Gasteiger partial charge < -0.3 is 14.5 Å². The number of hydrogen-bond acceptors (Lipinski definition) is 6. The first-order valence-corrected chi connectivity index (χ1v) is 9.47. The number of carbonyl (C=O) groups excluding carboxylic acids is 1. The molecule has 2 aromatic rings. The molecule has 0 N–H and O–H groups in total. The van der Waals surface area contributed by atoms with Crippen LogP contribution in [0.25, 0.3) is 11.8 Å². The van der Waals surface area contributed by atoms with Crippen molar-refractivity contribution in [1.82, 2.24) is 14.5 Å². The second kappa shape index (κ2) is 8.84. The number of rotatable bonds is 5. The SMILES string of the molecule is CCOC(=O)/C=C/c1cn(-c2ccc(C)cc2)c(=O)c(N2CCN(C)CC2)n1. The van der Waals surface area contributed by atoms with Gasteiger partial charge in [0.2, 0.25) is 0 Å². The number of aryl methyl sites for hydroxylation is 1. The molecule has 7 heteroatoms. The summed E-state index contributed by atoms with van der Waals surface area (Å²) in [7, 11) is 2.06. The van der Waals surface area contributed by atoms with Crippen LogP contribution in [0.15, 0.2) is 41.3 Å². The van der Waals surface area contributed by atoms with Crippen molar-refractivity contribution < 1.29 is 9.53 Å². The van der Waals surface area contributed by atoms with E-state index in [0.29, 0.717) is 18.1 Å². The highest BCUT2D eigenvalue weighted by Gasteiger charge is 2.20. The third kappa shape index (κ3) is 4.67. The molecule has 0 saturated carbocycles. The first-order valence-electron chi connectivity index (χ1n) is 9.47. The molecule has 0 atom stereocenters. The monoisotopic (exact) mass is 382 g/mol. The molecule has 1 aliphatic rings. The predicted molar refractivity (Wildman–Crippen MR) is 110 cm³/mol. The van der Waals surface area contributed by atoms with Crippen LogP contribution >= 0.6 is 0 Å². The standard InChI is InChI=1S/C21H26N4O3/c1-4-28-19(26)10-7-17-15-25(18-8-5-16(2)6-9-18)21(27)20(22-17)24-13-11-23(3)12-14-24/h5-10,15H,4,11-14H2,1-3H3/b10-7+. The number of likely N-dealkylation sites (N-methyl/N-ethyl adjacent to an activating group) is 1. The van der Waals surface area contributed by atoms with E-state index in [0.717, 1.165) is 37.4 Å². The molecule has 1 aliphatic heterocycles. The lowest BCUT2D eigenvalue weighted by Gasteiger charge is -2.33. The van der Waals surface area contributed by atoms with Gasteiger partial charge >= 0.3 is 5.97 Å². The number of benzene rings is 1. The van der Waals surface area contributed by atoms with E-state index in [1.54, 1.807) is 23.8 Å². The van der Waals surface area contributed by atoms with E-state index in [2.05, 4.69) is 16.9 Å². The Morgan fingerprint density at radius 1 is 1.18 bits per heavy atom. The highest BCUT2D eigenvalue weighted by atomic mass is 16.5. The van der Waals surface area contributed by atoms with Crippen LogP contribution in [0.3, 0.4) is 0 Å². The number of carbonyl (C=O) groups is 1. The molecule has 0 radical (unpaired) electrons.